The number of thioether (sulfide) groups is 1. The third-order valence-electron chi connectivity index (χ3n) is 4.47. The van der Waals surface area contributed by atoms with Gasteiger partial charge >= 0.3 is 0 Å². The van der Waals surface area contributed by atoms with Gasteiger partial charge in [0.2, 0.25) is 5.91 Å². The average molecular weight is 378 g/mol. The molecular weight excluding hydrogens is 350 g/mol. The van der Waals surface area contributed by atoms with E-state index in [0.717, 1.165) is 35.8 Å². The Morgan fingerprint density at radius 3 is 2.80 bits per heavy atom. The monoisotopic (exact) mass is 377 g/mol. The second kappa shape index (κ2) is 10.1. The van der Waals surface area contributed by atoms with Crippen LogP contribution in [0.3, 0.4) is 0 Å². The van der Waals surface area contributed by atoms with Gasteiger partial charge in [0.15, 0.2) is 0 Å². The lowest BCUT2D eigenvalue weighted by Gasteiger charge is -2.19. The quantitative estimate of drug-likeness (QED) is 0.709. The van der Waals surface area contributed by atoms with Crippen LogP contribution in [0.15, 0.2) is 24.3 Å². The van der Waals surface area contributed by atoms with Crippen molar-refractivity contribution in [1.29, 1.82) is 0 Å². The van der Waals surface area contributed by atoms with Gasteiger partial charge in [-0.15, -0.1) is 23.1 Å². The fourth-order valence-electron chi connectivity index (χ4n) is 3.15. The van der Waals surface area contributed by atoms with Crippen molar-refractivity contribution in [3.05, 3.63) is 29.3 Å². The summed E-state index contributed by atoms with van der Waals surface area (Å²) in [5.41, 5.74) is 1.06. The van der Waals surface area contributed by atoms with Crippen LogP contribution in [0.1, 0.15) is 37.1 Å². The van der Waals surface area contributed by atoms with Crippen molar-refractivity contribution in [3.63, 3.8) is 0 Å². The van der Waals surface area contributed by atoms with Crippen molar-refractivity contribution in [3.8, 4) is 0 Å². The molecule has 25 heavy (non-hydrogen) atoms. The zero-order chi connectivity index (χ0) is 17.3. The van der Waals surface area contributed by atoms with Crippen molar-refractivity contribution in [1.82, 2.24) is 15.2 Å². The molecule has 6 heteroatoms. The van der Waals surface area contributed by atoms with Gasteiger partial charge in [-0.3, -0.25) is 4.79 Å². The molecule has 2 aromatic rings. The van der Waals surface area contributed by atoms with Crippen LogP contribution in [-0.4, -0.2) is 47.7 Å². The van der Waals surface area contributed by atoms with E-state index >= 15 is 0 Å². The van der Waals surface area contributed by atoms with Gasteiger partial charge in [0.05, 0.1) is 16.0 Å². The highest BCUT2D eigenvalue weighted by Crippen LogP contribution is 2.24. The summed E-state index contributed by atoms with van der Waals surface area (Å²) < 4.78 is 1.22. The van der Waals surface area contributed by atoms with Gasteiger partial charge in [-0.1, -0.05) is 25.0 Å². The molecule has 1 aromatic carbocycles. The van der Waals surface area contributed by atoms with E-state index in [1.807, 2.05) is 18.2 Å². The summed E-state index contributed by atoms with van der Waals surface area (Å²) in [5.74, 6) is 1.46. The fraction of sp³-hybridized carbons (Fsp3) is 0.579. The Balaban J connectivity index is 1.27. The number of thiazole rings is 1. The number of fused-ring (bicyclic) bond motifs is 1. The Morgan fingerprint density at radius 1 is 1.20 bits per heavy atom. The maximum absolute atomic E-state index is 11.9. The lowest BCUT2D eigenvalue weighted by atomic mass is 10.2. The van der Waals surface area contributed by atoms with Crippen LogP contribution in [0.2, 0.25) is 0 Å². The number of carbonyl (C=O) groups is 1. The summed E-state index contributed by atoms with van der Waals surface area (Å²) >= 11 is 3.36. The standard InChI is InChI=1S/C19H27N3OS2/c23-18(20-10-7-13-22-11-5-1-2-6-12-22)14-24-15-19-21-16-8-3-4-9-17(16)25-19/h3-4,8-9H,1-2,5-7,10-15H2,(H,20,23). The Bertz CT molecular complexity index is 632. The number of nitrogens with one attached hydrogen (secondary N) is 1. The first-order valence-electron chi connectivity index (χ1n) is 9.22. The van der Waals surface area contributed by atoms with Crippen molar-refractivity contribution < 1.29 is 4.79 Å². The normalized spacial score (nSPS) is 16.0. The van der Waals surface area contributed by atoms with Gasteiger partial charge in [0, 0.05) is 12.3 Å². The molecule has 1 saturated heterocycles. The van der Waals surface area contributed by atoms with E-state index in [1.165, 1.54) is 43.5 Å². The molecule has 0 aliphatic carbocycles. The zero-order valence-electron chi connectivity index (χ0n) is 14.7. The number of hydrogen-bond donors (Lipinski definition) is 1. The molecule has 136 valence electrons. The molecule has 1 amide bonds. The number of benzene rings is 1. The maximum Gasteiger partial charge on any atom is 0.230 e. The number of aromatic nitrogens is 1. The predicted molar refractivity (Wildman–Crippen MR) is 108 cm³/mol. The highest BCUT2D eigenvalue weighted by atomic mass is 32.2. The molecular formula is C19H27N3OS2. The summed E-state index contributed by atoms with van der Waals surface area (Å²) in [6.07, 6.45) is 6.45. The molecule has 1 aromatic heterocycles. The number of likely N-dealkylation sites (tertiary alicyclic amines) is 1. The molecule has 0 saturated carbocycles. The Hall–Kier alpha value is -1.11. The molecule has 1 fully saturated rings. The van der Waals surface area contributed by atoms with Crippen LogP contribution >= 0.6 is 23.1 Å². The van der Waals surface area contributed by atoms with Crippen LogP contribution in [0.4, 0.5) is 0 Å². The smallest absolute Gasteiger partial charge is 0.230 e. The molecule has 2 heterocycles. The number of amides is 1. The lowest BCUT2D eigenvalue weighted by molar-refractivity contribution is -0.118. The minimum atomic E-state index is 0.141. The molecule has 0 spiro atoms. The molecule has 1 N–H and O–H groups in total. The van der Waals surface area contributed by atoms with Gasteiger partial charge in [0.25, 0.3) is 0 Å². The van der Waals surface area contributed by atoms with Crippen LogP contribution < -0.4 is 5.32 Å². The summed E-state index contributed by atoms with van der Waals surface area (Å²) in [6.45, 7) is 4.36. The summed E-state index contributed by atoms with van der Waals surface area (Å²) in [7, 11) is 0. The lowest BCUT2D eigenvalue weighted by Crippen LogP contribution is -2.31. The number of carbonyl (C=O) groups excluding carboxylic acids is 1. The Morgan fingerprint density at radius 2 is 2.00 bits per heavy atom. The first-order valence-corrected chi connectivity index (χ1v) is 11.2. The number of hydrogen-bond acceptors (Lipinski definition) is 5. The highest BCUT2D eigenvalue weighted by Gasteiger charge is 2.09. The van der Waals surface area contributed by atoms with E-state index in [1.54, 1.807) is 23.1 Å². The summed E-state index contributed by atoms with van der Waals surface area (Å²) in [5, 5.41) is 4.14. The van der Waals surface area contributed by atoms with Crippen LogP contribution in [0.5, 0.6) is 0 Å². The van der Waals surface area contributed by atoms with Crippen LogP contribution in [0.25, 0.3) is 10.2 Å². The Labute approximate surface area is 158 Å². The maximum atomic E-state index is 11.9. The average Bonchev–Trinajstić information content (AvgIpc) is 2.85. The summed E-state index contributed by atoms with van der Waals surface area (Å²) in [4.78, 5) is 19.1. The zero-order valence-corrected chi connectivity index (χ0v) is 16.3. The van der Waals surface area contributed by atoms with Crippen LogP contribution in [-0.2, 0) is 10.5 Å². The summed E-state index contributed by atoms with van der Waals surface area (Å²) in [6, 6.07) is 8.18. The molecule has 1 aliphatic heterocycles. The Kier molecular flexibility index (Phi) is 7.57. The highest BCUT2D eigenvalue weighted by molar-refractivity contribution is 7.99. The van der Waals surface area contributed by atoms with Crippen molar-refractivity contribution in [2.45, 2.75) is 37.9 Å². The second-order valence-electron chi connectivity index (χ2n) is 6.53. The fourth-order valence-corrected chi connectivity index (χ4v) is 5.03. The van der Waals surface area contributed by atoms with E-state index in [2.05, 4.69) is 21.3 Å². The molecule has 3 rings (SSSR count). The molecule has 0 bridgehead atoms. The van der Waals surface area contributed by atoms with Gasteiger partial charge < -0.3 is 10.2 Å². The third-order valence-corrected chi connectivity index (χ3v) is 6.63. The van der Waals surface area contributed by atoms with Crippen molar-refractivity contribution in [2.24, 2.45) is 0 Å². The van der Waals surface area contributed by atoms with Gasteiger partial charge in [0.1, 0.15) is 5.01 Å². The molecule has 0 radical (unpaired) electrons. The van der Waals surface area contributed by atoms with E-state index in [9.17, 15) is 4.79 Å². The SMILES string of the molecule is O=C(CSCc1nc2ccccc2s1)NCCCN1CCCCCC1. The van der Waals surface area contributed by atoms with Gasteiger partial charge in [-0.25, -0.2) is 4.98 Å². The van der Waals surface area contributed by atoms with E-state index in [-0.39, 0.29) is 5.91 Å². The minimum absolute atomic E-state index is 0.141. The first kappa shape index (κ1) is 18.7. The third kappa shape index (κ3) is 6.28. The van der Waals surface area contributed by atoms with Gasteiger partial charge in [-0.2, -0.15) is 0 Å². The second-order valence-corrected chi connectivity index (χ2v) is 8.63. The molecule has 4 nitrogen and oxygen atoms in total. The van der Waals surface area contributed by atoms with Crippen molar-refractivity contribution >= 4 is 39.2 Å². The topological polar surface area (TPSA) is 45.2 Å². The number of nitrogens with zero attached hydrogens (tertiary/aromatic N) is 2. The minimum Gasteiger partial charge on any atom is -0.355 e. The van der Waals surface area contributed by atoms with Crippen molar-refractivity contribution in [2.75, 3.05) is 31.9 Å². The van der Waals surface area contributed by atoms with E-state index in [4.69, 9.17) is 0 Å². The largest absolute Gasteiger partial charge is 0.355 e. The number of rotatable bonds is 8. The van der Waals surface area contributed by atoms with E-state index < -0.39 is 0 Å². The molecule has 0 atom stereocenters. The van der Waals surface area contributed by atoms with E-state index in [0.29, 0.717) is 5.75 Å². The van der Waals surface area contributed by atoms with Crippen LogP contribution in [0, 0.1) is 0 Å². The first-order chi connectivity index (χ1) is 12.3. The van der Waals surface area contributed by atoms with Gasteiger partial charge in [-0.05, 0) is 51.0 Å². The molecule has 1 aliphatic rings. The number of para-hydroxylation sites is 1. The molecule has 0 unspecified atom stereocenters. The predicted octanol–water partition coefficient (Wildman–Crippen LogP) is 3.91.